The molecule has 2 aromatic rings. The maximum absolute atomic E-state index is 5.38. The van der Waals surface area contributed by atoms with Crippen molar-refractivity contribution in [2.45, 2.75) is 18.8 Å². The molecule has 1 saturated heterocycles. The molecule has 4 nitrogen and oxygen atoms in total. The van der Waals surface area contributed by atoms with Crippen LogP contribution in [0.15, 0.2) is 70.8 Å². The number of nitrogens with one attached hydrogen (secondary N) is 1. The van der Waals surface area contributed by atoms with Gasteiger partial charge in [0.2, 0.25) is 0 Å². The van der Waals surface area contributed by atoms with Crippen LogP contribution in [0.1, 0.15) is 23.7 Å². The number of hydrogen-bond donors (Lipinski definition) is 1. The average Bonchev–Trinajstić information content (AvgIpc) is 3.30. The molecule has 1 aliphatic heterocycles. The number of aliphatic imine (C=N–C) groups is 1. The van der Waals surface area contributed by atoms with Gasteiger partial charge < -0.3 is 14.6 Å². The molecule has 1 atom stereocenters. The van der Waals surface area contributed by atoms with Gasteiger partial charge in [-0.2, -0.15) is 0 Å². The molecule has 0 spiro atoms. The highest BCUT2D eigenvalue weighted by Crippen LogP contribution is 2.26. The Morgan fingerprint density at radius 1 is 1.28 bits per heavy atom. The minimum Gasteiger partial charge on any atom is -0.469 e. The van der Waals surface area contributed by atoms with Crippen LogP contribution < -0.4 is 5.32 Å². The van der Waals surface area contributed by atoms with Gasteiger partial charge >= 0.3 is 0 Å². The van der Waals surface area contributed by atoms with Gasteiger partial charge in [0.15, 0.2) is 5.96 Å². The van der Waals surface area contributed by atoms with Crippen molar-refractivity contribution in [2.75, 3.05) is 26.2 Å². The molecule has 134 valence electrons. The van der Waals surface area contributed by atoms with Crippen molar-refractivity contribution in [1.29, 1.82) is 0 Å². The summed E-state index contributed by atoms with van der Waals surface area (Å²) in [4.78, 5) is 7.12. The lowest BCUT2D eigenvalue weighted by molar-refractivity contribution is 0.484. The largest absolute Gasteiger partial charge is 0.469 e. The lowest BCUT2D eigenvalue weighted by atomic mass is 9.99. The lowest BCUT2D eigenvalue weighted by Gasteiger charge is -2.21. The van der Waals surface area contributed by atoms with Crippen LogP contribution in [0.3, 0.4) is 0 Å². The van der Waals surface area contributed by atoms with Gasteiger partial charge in [-0.05, 0) is 24.1 Å². The van der Waals surface area contributed by atoms with E-state index in [-0.39, 0.29) is 24.0 Å². The highest BCUT2D eigenvalue weighted by molar-refractivity contribution is 14.0. The van der Waals surface area contributed by atoms with Crippen molar-refractivity contribution >= 4 is 29.9 Å². The Labute approximate surface area is 167 Å². The van der Waals surface area contributed by atoms with Crippen molar-refractivity contribution in [2.24, 2.45) is 4.99 Å². The standard InChI is InChI=1S/C20H25N3O.HI/c1-2-12-21-20(22-13-10-19-9-6-15-24-19)23-14-11-18(16-23)17-7-4-3-5-8-17;/h2-9,15,18H,1,10-14,16H2,(H,21,22);1H. The molecule has 3 rings (SSSR count). The quantitative estimate of drug-likeness (QED) is 0.312. The van der Waals surface area contributed by atoms with E-state index >= 15 is 0 Å². The van der Waals surface area contributed by atoms with E-state index in [1.54, 1.807) is 6.26 Å². The monoisotopic (exact) mass is 451 g/mol. The first-order valence-electron chi connectivity index (χ1n) is 8.58. The molecule has 2 heterocycles. The van der Waals surface area contributed by atoms with E-state index in [0.717, 1.165) is 50.7 Å². The third-order valence-corrected chi connectivity index (χ3v) is 4.36. The number of halogens is 1. The van der Waals surface area contributed by atoms with E-state index < -0.39 is 0 Å². The summed E-state index contributed by atoms with van der Waals surface area (Å²) in [6, 6.07) is 14.7. The number of rotatable bonds is 6. The molecule has 5 heteroatoms. The summed E-state index contributed by atoms with van der Waals surface area (Å²) >= 11 is 0. The van der Waals surface area contributed by atoms with E-state index in [2.05, 4.69) is 47.1 Å². The summed E-state index contributed by atoms with van der Waals surface area (Å²) in [5.41, 5.74) is 1.42. The van der Waals surface area contributed by atoms with Crippen LogP contribution in [-0.4, -0.2) is 37.0 Å². The summed E-state index contributed by atoms with van der Waals surface area (Å²) in [5, 5.41) is 3.39. The topological polar surface area (TPSA) is 40.8 Å². The zero-order valence-electron chi connectivity index (χ0n) is 14.4. The smallest absolute Gasteiger partial charge is 0.194 e. The highest BCUT2D eigenvalue weighted by Gasteiger charge is 2.25. The third-order valence-electron chi connectivity index (χ3n) is 4.36. The van der Waals surface area contributed by atoms with E-state index in [1.165, 1.54) is 5.56 Å². The highest BCUT2D eigenvalue weighted by atomic mass is 127. The second-order valence-electron chi connectivity index (χ2n) is 6.05. The van der Waals surface area contributed by atoms with E-state index in [4.69, 9.17) is 9.41 Å². The van der Waals surface area contributed by atoms with Gasteiger partial charge in [-0.15, -0.1) is 30.6 Å². The molecule has 1 aromatic carbocycles. The predicted octanol–water partition coefficient (Wildman–Crippen LogP) is 4.06. The molecule has 1 fully saturated rings. The molecule has 1 N–H and O–H groups in total. The van der Waals surface area contributed by atoms with Gasteiger partial charge in [0.1, 0.15) is 5.76 Å². The fourth-order valence-electron chi connectivity index (χ4n) is 3.11. The summed E-state index contributed by atoms with van der Waals surface area (Å²) in [7, 11) is 0. The Morgan fingerprint density at radius 3 is 2.84 bits per heavy atom. The average molecular weight is 451 g/mol. The maximum Gasteiger partial charge on any atom is 0.194 e. The van der Waals surface area contributed by atoms with Crippen molar-refractivity contribution in [1.82, 2.24) is 10.2 Å². The van der Waals surface area contributed by atoms with Gasteiger partial charge in [-0.1, -0.05) is 36.4 Å². The number of furan rings is 1. The Hall–Kier alpha value is -1.76. The third kappa shape index (κ3) is 5.63. The number of guanidine groups is 1. The van der Waals surface area contributed by atoms with Crippen LogP contribution in [0.5, 0.6) is 0 Å². The zero-order chi connectivity index (χ0) is 16.6. The fourth-order valence-corrected chi connectivity index (χ4v) is 3.11. The summed E-state index contributed by atoms with van der Waals surface area (Å²) in [6.45, 7) is 7.28. The van der Waals surface area contributed by atoms with Crippen LogP contribution in [0.25, 0.3) is 0 Å². The van der Waals surface area contributed by atoms with Crippen LogP contribution in [0.2, 0.25) is 0 Å². The SMILES string of the molecule is C=CCNC(=NCCc1ccco1)N1CCC(c2ccccc2)C1.I. The van der Waals surface area contributed by atoms with E-state index in [9.17, 15) is 0 Å². The minimum atomic E-state index is 0. The van der Waals surface area contributed by atoms with Crippen LogP contribution in [0, 0.1) is 0 Å². The summed E-state index contributed by atoms with van der Waals surface area (Å²) < 4.78 is 5.38. The lowest BCUT2D eigenvalue weighted by Crippen LogP contribution is -2.40. The van der Waals surface area contributed by atoms with Gasteiger partial charge in [0.05, 0.1) is 6.26 Å². The summed E-state index contributed by atoms with van der Waals surface area (Å²) in [5.74, 6) is 2.53. The Kier molecular flexibility index (Phi) is 8.04. The molecule has 0 radical (unpaired) electrons. The first-order valence-corrected chi connectivity index (χ1v) is 8.58. The zero-order valence-corrected chi connectivity index (χ0v) is 16.8. The molecule has 0 bridgehead atoms. The minimum absolute atomic E-state index is 0. The molecule has 1 aliphatic rings. The van der Waals surface area contributed by atoms with Crippen LogP contribution in [0.4, 0.5) is 0 Å². The normalized spacial score (nSPS) is 17.2. The maximum atomic E-state index is 5.38. The Balaban J connectivity index is 0.00000225. The molecule has 25 heavy (non-hydrogen) atoms. The van der Waals surface area contributed by atoms with Crippen molar-refractivity contribution in [3.8, 4) is 0 Å². The molecule has 0 aliphatic carbocycles. The van der Waals surface area contributed by atoms with Crippen LogP contribution >= 0.6 is 24.0 Å². The van der Waals surface area contributed by atoms with Crippen molar-refractivity contribution < 1.29 is 4.42 Å². The fraction of sp³-hybridized carbons (Fsp3) is 0.350. The number of hydrogen-bond acceptors (Lipinski definition) is 2. The molecule has 1 aromatic heterocycles. The molecule has 0 saturated carbocycles. The molecular weight excluding hydrogens is 425 g/mol. The van der Waals surface area contributed by atoms with Crippen molar-refractivity contribution in [3.63, 3.8) is 0 Å². The molecular formula is C20H26IN3O. The second kappa shape index (κ2) is 10.3. The van der Waals surface area contributed by atoms with Crippen molar-refractivity contribution in [3.05, 3.63) is 72.7 Å². The Morgan fingerprint density at radius 2 is 2.12 bits per heavy atom. The number of likely N-dealkylation sites (tertiary alicyclic amines) is 1. The molecule has 1 unspecified atom stereocenters. The van der Waals surface area contributed by atoms with Crippen LogP contribution in [-0.2, 0) is 6.42 Å². The Bertz CT molecular complexity index is 655. The second-order valence-corrected chi connectivity index (χ2v) is 6.05. The number of benzene rings is 1. The number of nitrogens with zero attached hydrogens (tertiary/aromatic N) is 2. The van der Waals surface area contributed by atoms with E-state index in [1.807, 2.05) is 18.2 Å². The first-order chi connectivity index (χ1) is 11.9. The van der Waals surface area contributed by atoms with Gasteiger partial charge in [0, 0.05) is 38.5 Å². The van der Waals surface area contributed by atoms with Gasteiger partial charge in [-0.3, -0.25) is 4.99 Å². The first kappa shape index (κ1) is 19.6. The van der Waals surface area contributed by atoms with Gasteiger partial charge in [0.25, 0.3) is 0 Å². The van der Waals surface area contributed by atoms with Gasteiger partial charge in [-0.25, -0.2) is 0 Å². The predicted molar refractivity (Wildman–Crippen MR) is 114 cm³/mol. The van der Waals surface area contributed by atoms with E-state index in [0.29, 0.717) is 5.92 Å². The summed E-state index contributed by atoms with van der Waals surface area (Å²) in [6.07, 6.45) is 5.56. The molecule has 0 amide bonds.